The molecule has 0 amide bonds. The van der Waals surface area contributed by atoms with Crippen LogP contribution in [0, 0.1) is 0 Å². The zero-order chi connectivity index (χ0) is 19.1. The van der Waals surface area contributed by atoms with Crippen LogP contribution in [-0.2, 0) is 13.6 Å². The molecule has 6 nitrogen and oxygen atoms in total. The lowest BCUT2D eigenvalue weighted by Gasteiger charge is -2.24. The quantitative estimate of drug-likeness (QED) is 0.323. The standard InChI is InChI=1S/C19H27BrN4O2.HI/c1-14(26-18-9-7-6-8-17(18)25-5)11-22-19(21-2)24(4)13-16-10-15(20)12-23(16)3;/h6-10,12,14H,11,13H2,1-5H3,(H,21,22);1H. The number of aromatic nitrogens is 1. The van der Waals surface area contributed by atoms with Gasteiger partial charge in [-0.2, -0.15) is 0 Å². The van der Waals surface area contributed by atoms with Gasteiger partial charge in [0.15, 0.2) is 17.5 Å². The zero-order valence-electron chi connectivity index (χ0n) is 16.4. The number of nitrogens with zero attached hydrogens (tertiary/aromatic N) is 3. The van der Waals surface area contributed by atoms with E-state index in [1.54, 1.807) is 14.2 Å². The minimum absolute atomic E-state index is 0. The number of aryl methyl sites for hydroxylation is 1. The largest absolute Gasteiger partial charge is 0.493 e. The van der Waals surface area contributed by atoms with Crippen molar-refractivity contribution in [3.05, 3.63) is 46.7 Å². The van der Waals surface area contributed by atoms with E-state index in [2.05, 4.69) is 41.8 Å². The van der Waals surface area contributed by atoms with Crippen LogP contribution in [0.3, 0.4) is 0 Å². The second kappa shape index (κ2) is 11.4. The van der Waals surface area contributed by atoms with Crippen molar-refractivity contribution in [2.24, 2.45) is 12.0 Å². The fraction of sp³-hybridized carbons (Fsp3) is 0.421. The molecule has 1 unspecified atom stereocenters. The van der Waals surface area contributed by atoms with Crippen molar-refractivity contribution < 1.29 is 9.47 Å². The molecule has 1 atom stereocenters. The van der Waals surface area contributed by atoms with Gasteiger partial charge in [-0.05, 0) is 41.1 Å². The molecular formula is C19H28BrIN4O2. The van der Waals surface area contributed by atoms with E-state index in [1.165, 1.54) is 5.69 Å². The molecule has 1 heterocycles. The van der Waals surface area contributed by atoms with Crippen LogP contribution >= 0.6 is 39.9 Å². The molecule has 150 valence electrons. The summed E-state index contributed by atoms with van der Waals surface area (Å²) in [5.74, 6) is 2.29. The first-order valence-electron chi connectivity index (χ1n) is 8.46. The molecule has 2 aromatic rings. The molecule has 0 aliphatic rings. The highest BCUT2D eigenvalue weighted by Crippen LogP contribution is 2.26. The van der Waals surface area contributed by atoms with E-state index in [0.29, 0.717) is 6.54 Å². The Labute approximate surface area is 187 Å². The topological polar surface area (TPSA) is 51.0 Å². The van der Waals surface area contributed by atoms with Crippen LogP contribution in [0.2, 0.25) is 0 Å². The number of halogens is 2. The van der Waals surface area contributed by atoms with Crippen LogP contribution in [-0.4, -0.2) is 49.3 Å². The highest BCUT2D eigenvalue weighted by Gasteiger charge is 2.13. The van der Waals surface area contributed by atoms with E-state index in [0.717, 1.165) is 28.5 Å². The summed E-state index contributed by atoms with van der Waals surface area (Å²) < 4.78 is 14.5. The molecule has 0 fully saturated rings. The highest BCUT2D eigenvalue weighted by atomic mass is 127. The maximum absolute atomic E-state index is 5.98. The first kappa shape index (κ1) is 23.6. The third kappa shape index (κ3) is 6.91. The summed E-state index contributed by atoms with van der Waals surface area (Å²) in [7, 11) is 7.48. The lowest BCUT2D eigenvalue weighted by Crippen LogP contribution is -2.42. The molecule has 8 heteroatoms. The van der Waals surface area contributed by atoms with Gasteiger partial charge in [0, 0.05) is 37.5 Å². The Hall–Kier alpha value is -1.42. The summed E-state index contributed by atoms with van der Waals surface area (Å²) in [6.45, 7) is 3.40. The molecule has 0 radical (unpaired) electrons. The number of methoxy groups -OCH3 is 1. The molecule has 0 saturated carbocycles. The predicted molar refractivity (Wildman–Crippen MR) is 124 cm³/mol. The molecule has 27 heavy (non-hydrogen) atoms. The number of nitrogens with one attached hydrogen (secondary N) is 1. The van der Waals surface area contributed by atoms with Gasteiger partial charge >= 0.3 is 0 Å². The van der Waals surface area contributed by atoms with Crippen LogP contribution in [0.25, 0.3) is 0 Å². The van der Waals surface area contributed by atoms with E-state index < -0.39 is 0 Å². The van der Waals surface area contributed by atoms with E-state index in [4.69, 9.17) is 9.47 Å². The number of para-hydroxylation sites is 2. The zero-order valence-corrected chi connectivity index (χ0v) is 20.3. The summed E-state index contributed by atoms with van der Waals surface area (Å²) in [6, 6.07) is 9.76. The van der Waals surface area contributed by atoms with Crippen LogP contribution < -0.4 is 14.8 Å². The average molecular weight is 551 g/mol. The van der Waals surface area contributed by atoms with Gasteiger partial charge in [0.25, 0.3) is 0 Å². The molecule has 1 aromatic heterocycles. The Morgan fingerprint density at radius 2 is 2.00 bits per heavy atom. The second-order valence-corrected chi connectivity index (χ2v) is 7.04. The number of benzene rings is 1. The third-order valence-corrected chi connectivity index (χ3v) is 4.43. The molecule has 2 rings (SSSR count). The van der Waals surface area contributed by atoms with E-state index in [-0.39, 0.29) is 30.1 Å². The maximum atomic E-state index is 5.98. The Morgan fingerprint density at radius 3 is 2.56 bits per heavy atom. The van der Waals surface area contributed by atoms with Crippen LogP contribution in [0.15, 0.2) is 46.0 Å². The average Bonchev–Trinajstić information content (AvgIpc) is 2.93. The molecule has 0 aliphatic carbocycles. The molecule has 0 bridgehead atoms. The maximum Gasteiger partial charge on any atom is 0.193 e. The van der Waals surface area contributed by atoms with Gasteiger partial charge in [-0.1, -0.05) is 12.1 Å². The SMILES string of the molecule is CN=C(NCC(C)Oc1ccccc1OC)N(C)Cc1cc(Br)cn1C.I. The summed E-state index contributed by atoms with van der Waals surface area (Å²) in [6.07, 6.45) is 2.00. The fourth-order valence-electron chi connectivity index (χ4n) is 2.64. The van der Waals surface area contributed by atoms with Crippen molar-refractivity contribution in [3.8, 4) is 11.5 Å². The van der Waals surface area contributed by atoms with Gasteiger partial charge in [-0.3, -0.25) is 4.99 Å². The van der Waals surface area contributed by atoms with E-state index in [9.17, 15) is 0 Å². The number of ether oxygens (including phenoxy) is 2. The van der Waals surface area contributed by atoms with Crippen molar-refractivity contribution in [2.75, 3.05) is 27.7 Å². The Balaban J connectivity index is 0.00000364. The lowest BCUT2D eigenvalue weighted by molar-refractivity contribution is 0.212. The van der Waals surface area contributed by atoms with E-state index >= 15 is 0 Å². The smallest absolute Gasteiger partial charge is 0.193 e. The van der Waals surface area contributed by atoms with Gasteiger partial charge in [0.1, 0.15) is 6.10 Å². The van der Waals surface area contributed by atoms with Gasteiger partial charge in [-0.15, -0.1) is 24.0 Å². The van der Waals surface area contributed by atoms with Gasteiger partial charge in [0.05, 0.1) is 20.2 Å². The third-order valence-electron chi connectivity index (χ3n) is 3.99. The number of hydrogen-bond donors (Lipinski definition) is 1. The first-order chi connectivity index (χ1) is 12.4. The number of hydrogen-bond acceptors (Lipinski definition) is 3. The summed E-state index contributed by atoms with van der Waals surface area (Å²) in [5.41, 5.74) is 1.20. The number of aliphatic imine (C=N–C) groups is 1. The van der Waals surface area contributed by atoms with Crippen LogP contribution in [0.4, 0.5) is 0 Å². The monoisotopic (exact) mass is 550 g/mol. The van der Waals surface area contributed by atoms with Crippen molar-refractivity contribution in [1.82, 2.24) is 14.8 Å². The first-order valence-corrected chi connectivity index (χ1v) is 9.26. The Kier molecular flexibility index (Phi) is 10.00. The second-order valence-electron chi connectivity index (χ2n) is 6.12. The highest BCUT2D eigenvalue weighted by molar-refractivity contribution is 14.0. The lowest BCUT2D eigenvalue weighted by atomic mass is 10.3. The number of guanidine groups is 1. The summed E-state index contributed by atoms with van der Waals surface area (Å²) >= 11 is 3.51. The van der Waals surface area contributed by atoms with Gasteiger partial charge in [-0.25, -0.2) is 0 Å². The fourth-order valence-corrected chi connectivity index (χ4v) is 3.21. The Morgan fingerprint density at radius 1 is 1.33 bits per heavy atom. The minimum Gasteiger partial charge on any atom is -0.493 e. The van der Waals surface area contributed by atoms with Crippen molar-refractivity contribution in [1.29, 1.82) is 0 Å². The number of rotatable bonds is 7. The van der Waals surface area contributed by atoms with Crippen LogP contribution in [0.5, 0.6) is 11.5 Å². The molecule has 1 N–H and O–H groups in total. The molecule has 0 saturated heterocycles. The summed E-state index contributed by atoms with van der Waals surface area (Å²) in [4.78, 5) is 6.44. The minimum atomic E-state index is -0.0411. The Bertz CT molecular complexity index is 751. The molecule has 0 spiro atoms. The molecular weight excluding hydrogens is 523 g/mol. The summed E-state index contributed by atoms with van der Waals surface area (Å²) in [5, 5.41) is 3.36. The van der Waals surface area contributed by atoms with Crippen molar-refractivity contribution in [2.45, 2.75) is 19.6 Å². The van der Waals surface area contributed by atoms with Crippen LogP contribution in [0.1, 0.15) is 12.6 Å². The normalized spacial score (nSPS) is 12.1. The molecule has 0 aliphatic heterocycles. The van der Waals surface area contributed by atoms with Crippen molar-refractivity contribution >= 4 is 45.9 Å². The van der Waals surface area contributed by atoms with Gasteiger partial charge in [0.2, 0.25) is 0 Å². The van der Waals surface area contributed by atoms with Crippen molar-refractivity contribution in [3.63, 3.8) is 0 Å². The van der Waals surface area contributed by atoms with Gasteiger partial charge < -0.3 is 24.3 Å². The molecule has 1 aromatic carbocycles. The van der Waals surface area contributed by atoms with E-state index in [1.807, 2.05) is 51.5 Å². The predicted octanol–water partition coefficient (Wildman–Crippen LogP) is 3.89.